The molecule has 0 radical (unpaired) electrons. The fourth-order valence-corrected chi connectivity index (χ4v) is 3.47. The number of carbonyl (C=O) groups is 1. The predicted octanol–water partition coefficient (Wildman–Crippen LogP) is 1.50. The van der Waals surface area contributed by atoms with Crippen molar-refractivity contribution in [2.45, 2.75) is 19.8 Å². The lowest BCUT2D eigenvalue weighted by Gasteiger charge is -2.31. The standard InChI is InChI=1S/C19H21N3O4/c1-5-26-18(24)13-11(2)20-16-15(14(13)12-9-7-6-8-10-12)17(23)22(4)19(25)21(16)3/h6-10,13-14H,5H2,1-4H3. The first-order valence-electron chi connectivity index (χ1n) is 8.45. The zero-order chi connectivity index (χ0) is 19.0. The molecule has 7 heteroatoms. The quantitative estimate of drug-likeness (QED) is 0.781. The molecule has 2 unspecified atom stereocenters. The summed E-state index contributed by atoms with van der Waals surface area (Å²) < 4.78 is 7.64. The Hall–Kier alpha value is -2.96. The number of nitrogens with zero attached hydrogens (tertiary/aromatic N) is 3. The van der Waals surface area contributed by atoms with Gasteiger partial charge in [-0.3, -0.25) is 18.7 Å². The van der Waals surface area contributed by atoms with E-state index in [1.165, 1.54) is 11.6 Å². The molecule has 0 amide bonds. The largest absolute Gasteiger partial charge is 0.465 e. The van der Waals surface area contributed by atoms with Crippen molar-refractivity contribution in [1.29, 1.82) is 0 Å². The first-order chi connectivity index (χ1) is 12.4. The minimum Gasteiger partial charge on any atom is -0.465 e. The van der Waals surface area contributed by atoms with E-state index in [2.05, 4.69) is 4.99 Å². The lowest BCUT2D eigenvalue weighted by Crippen LogP contribution is -2.44. The van der Waals surface area contributed by atoms with Crippen LogP contribution in [0.3, 0.4) is 0 Å². The molecule has 7 nitrogen and oxygen atoms in total. The van der Waals surface area contributed by atoms with E-state index < -0.39 is 29.1 Å². The average Bonchev–Trinajstić information content (AvgIpc) is 2.64. The highest BCUT2D eigenvalue weighted by molar-refractivity contribution is 6.04. The van der Waals surface area contributed by atoms with Crippen molar-refractivity contribution in [2.24, 2.45) is 25.0 Å². The van der Waals surface area contributed by atoms with Crippen LogP contribution in [0.15, 0.2) is 44.9 Å². The van der Waals surface area contributed by atoms with Crippen molar-refractivity contribution in [3.05, 3.63) is 62.3 Å². The topological polar surface area (TPSA) is 82.7 Å². The van der Waals surface area contributed by atoms with Gasteiger partial charge in [-0.25, -0.2) is 9.79 Å². The third-order valence-corrected chi connectivity index (χ3v) is 4.74. The van der Waals surface area contributed by atoms with Gasteiger partial charge in [0.1, 0.15) is 11.7 Å². The molecule has 0 N–H and O–H groups in total. The van der Waals surface area contributed by atoms with Crippen LogP contribution in [0.1, 0.15) is 30.9 Å². The van der Waals surface area contributed by atoms with E-state index in [0.29, 0.717) is 17.1 Å². The number of benzene rings is 1. The Labute approximate surface area is 150 Å². The highest BCUT2D eigenvalue weighted by Crippen LogP contribution is 2.40. The molecule has 0 saturated heterocycles. The fraction of sp³-hybridized carbons (Fsp3) is 0.368. The lowest BCUT2D eigenvalue weighted by atomic mass is 9.77. The summed E-state index contributed by atoms with van der Waals surface area (Å²) in [7, 11) is 3.00. The Morgan fingerprint density at radius 1 is 1.15 bits per heavy atom. The number of esters is 1. The first kappa shape index (κ1) is 17.8. The predicted molar refractivity (Wildman–Crippen MR) is 98.1 cm³/mol. The highest BCUT2D eigenvalue weighted by atomic mass is 16.5. The fourth-order valence-electron chi connectivity index (χ4n) is 3.47. The minimum absolute atomic E-state index is 0.238. The maximum atomic E-state index is 12.9. The number of hydrogen-bond donors (Lipinski definition) is 0. The van der Waals surface area contributed by atoms with E-state index in [9.17, 15) is 14.4 Å². The van der Waals surface area contributed by atoms with Crippen LogP contribution in [-0.2, 0) is 23.6 Å². The number of aliphatic imine (C=N–C) groups is 1. The third kappa shape index (κ3) is 2.69. The molecular weight excluding hydrogens is 334 g/mol. The van der Waals surface area contributed by atoms with Crippen molar-refractivity contribution in [3.8, 4) is 0 Å². The molecule has 0 bridgehead atoms. The van der Waals surface area contributed by atoms with Crippen LogP contribution in [0.4, 0.5) is 5.82 Å². The highest BCUT2D eigenvalue weighted by Gasteiger charge is 2.41. The van der Waals surface area contributed by atoms with Gasteiger partial charge in [0, 0.05) is 25.7 Å². The molecule has 2 aromatic rings. The van der Waals surface area contributed by atoms with E-state index in [-0.39, 0.29) is 6.61 Å². The Bertz CT molecular complexity index is 1000. The van der Waals surface area contributed by atoms with Crippen LogP contribution in [-0.4, -0.2) is 27.4 Å². The third-order valence-electron chi connectivity index (χ3n) is 4.74. The van der Waals surface area contributed by atoms with Crippen molar-refractivity contribution in [3.63, 3.8) is 0 Å². The van der Waals surface area contributed by atoms with Gasteiger partial charge in [-0.2, -0.15) is 0 Å². The van der Waals surface area contributed by atoms with Crippen molar-refractivity contribution >= 4 is 17.5 Å². The average molecular weight is 355 g/mol. The van der Waals surface area contributed by atoms with Gasteiger partial charge in [-0.05, 0) is 19.4 Å². The Morgan fingerprint density at radius 3 is 2.42 bits per heavy atom. The minimum atomic E-state index is -0.713. The van der Waals surface area contributed by atoms with Crippen LogP contribution >= 0.6 is 0 Å². The molecule has 0 spiro atoms. The molecule has 0 fully saturated rings. The molecule has 0 saturated carbocycles. The molecule has 3 rings (SSSR count). The Kier molecular flexibility index (Phi) is 4.63. The van der Waals surface area contributed by atoms with Gasteiger partial charge in [0.25, 0.3) is 5.56 Å². The van der Waals surface area contributed by atoms with Gasteiger partial charge in [-0.15, -0.1) is 0 Å². The summed E-state index contributed by atoms with van der Waals surface area (Å²) in [5, 5.41) is 0. The second-order valence-corrected chi connectivity index (χ2v) is 6.31. The summed E-state index contributed by atoms with van der Waals surface area (Å²) in [6, 6.07) is 9.30. The zero-order valence-corrected chi connectivity index (χ0v) is 15.2. The van der Waals surface area contributed by atoms with Crippen LogP contribution in [0.5, 0.6) is 0 Å². The second kappa shape index (κ2) is 6.74. The molecule has 136 valence electrons. The number of hydrogen-bond acceptors (Lipinski definition) is 5. The summed E-state index contributed by atoms with van der Waals surface area (Å²) in [6.45, 7) is 3.70. The molecule has 2 heterocycles. The molecular formula is C19H21N3O4. The summed E-state index contributed by atoms with van der Waals surface area (Å²) in [4.78, 5) is 42.3. The van der Waals surface area contributed by atoms with Crippen LogP contribution in [0.25, 0.3) is 0 Å². The van der Waals surface area contributed by atoms with Crippen LogP contribution < -0.4 is 11.2 Å². The van der Waals surface area contributed by atoms with Gasteiger partial charge in [0.15, 0.2) is 0 Å². The molecule has 1 aliphatic heterocycles. The van der Waals surface area contributed by atoms with Gasteiger partial charge in [0.2, 0.25) is 0 Å². The summed E-state index contributed by atoms with van der Waals surface area (Å²) >= 11 is 0. The lowest BCUT2D eigenvalue weighted by molar-refractivity contribution is -0.146. The van der Waals surface area contributed by atoms with Gasteiger partial charge >= 0.3 is 11.7 Å². The van der Waals surface area contributed by atoms with E-state index in [0.717, 1.165) is 10.1 Å². The molecule has 1 aromatic carbocycles. The molecule has 0 aliphatic carbocycles. The van der Waals surface area contributed by atoms with E-state index in [1.54, 1.807) is 20.9 Å². The van der Waals surface area contributed by atoms with Gasteiger partial charge in [0.05, 0.1) is 12.2 Å². The summed E-state index contributed by atoms with van der Waals surface area (Å²) in [5.74, 6) is -1.41. The Morgan fingerprint density at radius 2 is 1.81 bits per heavy atom. The monoisotopic (exact) mass is 355 g/mol. The van der Waals surface area contributed by atoms with E-state index in [1.807, 2.05) is 30.3 Å². The SMILES string of the molecule is CCOC(=O)C1C(C)=Nc2c(c(=O)n(C)c(=O)n2C)C1c1ccccc1. The maximum absolute atomic E-state index is 12.9. The number of ether oxygens (including phenoxy) is 1. The molecule has 1 aromatic heterocycles. The van der Waals surface area contributed by atoms with Crippen LogP contribution in [0, 0.1) is 5.92 Å². The molecule has 26 heavy (non-hydrogen) atoms. The maximum Gasteiger partial charge on any atom is 0.332 e. The second-order valence-electron chi connectivity index (χ2n) is 6.31. The zero-order valence-electron chi connectivity index (χ0n) is 15.2. The van der Waals surface area contributed by atoms with Crippen LogP contribution in [0.2, 0.25) is 0 Å². The molecule has 1 aliphatic rings. The van der Waals surface area contributed by atoms with Gasteiger partial charge in [-0.1, -0.05) is 30.3 Å². The Balaban J connectivity index is 2.37. The number of fused-ring (bicyclic) bond motifs is 1. The number of rotatable bonds is 3. The number of carbonyl (C=O) groups excluding carboxylic acids is 1. The van der Waals surface area contributed by atoms with Gasteiger partial charge < -0.3 is 4.74 Å². The van der Waals surface area contributed by atoms with Crippen molar-refractivity contribution < 1.29 is 9.53 Å². The summed E-state index contributed by atoms with van der Waals surface area (Å²) in [5.41, 5.74) is 0.767. The summed E-state index contributed by atoms with van der Waals surface area (Å²) in [6.07, 6.45) is 0. The van der Waals surface area contributed by atoms with Crippen molar-refractivity contribution in [2.75, 3.05) is 6.61 Å². The first-order valence-corrected chi connectivity index (χ1v) is 8.45. The number of aromatic nitrogens is 2. The smallest absolute Gasteiger partial charge is 0.332 e. The normalized spacial score (nSPS) is 18.8. The van der Waals surface area contributed by atoms with Crippen molar-refractivity contribution in [1.82, 2.24) is 9.13 Å². The van der Waals surface area contributed by atoms with E-state index >= 15 is 0 Å². The van der Waals surface area contributed by atoms with E-state index in [4.69, 9.17) is 4.74 Å². The molecule has 2 atom stereocenters.